The minimum absolute atomic E-state index is 0.218. The van der Waals surface area contributed by atoms with Crippen molar-refractivity contribution in [3.05, 3.63) is 82.8 Å². The van der Waals surface area contributed by atoms with Gasteiger partial charge >= 0.3 is 0 Å². The summed E-state index contributed by atoms with van der Waals surface area (Å²) in [7, 11) is -3.75. The van der Waals surface area contributed by atoms with Crippen LogP contribution in [0.3, 0.4) is 0 Å². The molecule has 0 spiro atoms. The molecule has 0 radical (unpaired) electrons. The summed E-state index contributed by atoms with van der Waals surface area (Å²) in [5.41, 5.74) is 3.59. The molecule has 2 N–H and O–H groups in total. The molecular weight excluding hydrogens is 377 g/mol. The molecular formula is C21H22FN3O2S. The minimum atomic E-state index is -3.75. The number of rotatable bonds is 6. The number of anilines is 2. The maximum Gasteiger partial charge on any atom is 0.263 e. The highest BCUT2D eigenvalue weighted by molar-refractivity contribution is 7.92. The number of hydrogen-bond acceptors (Lipinski definition) is 4. The van der Waals surface area contributed by atoms with Crippen LogP contribution in [-0.4, -0.2) is 13.4 Å². The molecule has 0 bridgehead atoms. The molecule has 28 heavy (non-hydrogen) atoms. The molecule has 1 aromatic heterocycles. The molecule has 0 saturated heterocycles. The quantitative estimate of drug-likeness (QED) is 0.637. The van der Waals surface area contributed by atoms with Crippen molar-refractivity contribution in [3.63, 3.8) is 0 Å². The molecule has 0 atom stereocenters. The second-order valence-corrected chi connectivity index (χ2v) is 8.33. The molecule has 146 valence electrons. The van der Waals surface area contributed by atoms with Crippen LogP contribution < -0.4 is 10.0 Å². The highest BCUT2D eigenvalue weighted by atomic mass is 32.2. The first kappa shape index (κ1) is 19.8. The molecule has 1 heterocycles. The Hall–Kier alpha value is -2.93. The Kier molecular flexibility index (Phi) is 5.65. The number of benzene rings is 2. The lowest BCUT2D eigenvalue weighted by Crippen LogP contribution is -2.16. The number of aromatic nitrogens is 1. The first-order chi connectivity index (χ1) is 13.3. The number of halogens is 1. The number of hydrogen-bond donors (Lipinski definition) is 2. The van der Waals surface area contributed by atoms with Gasteiger partial charge in [0.15, 0.2) is 0 Å². The van der Waals surface area contributed by atoms with Crippen LogP contribution in [0, 0.1) is 26.6 Å². The van der Waals surface area contributed by atoms with Gasteiger partial charge in [-0.1, -0.05) is 35.9 Å². The summed E-state index contributed by atoms with van der Waals surface area (Å²) in [6, 6.07) is 13.5. The van der Waals surface area contributed by atoms with Gasteiger partial charge in [-0.3, -0.25) is 4.72 Å². The Morgan fingerprint density at radius 1 is 1.00 bits per heavy atom. The monoisotopic (exact) mass is 399 g/mol. The van der Waals surface area contributed by atoms with E-state index >= 15 is 0 Å². The molecule has 0 aliphatic carbocycles. The molecule has 3 rings (SSSR count). The highest BCUT2D eigenvalue weighted by Gasteiger charge is 2.20. The van der Waals surface area contributed by atoms with Gasteiger partial charge in [-0.25, -0.2) is 17.8 Å². The number of nitrogens with zero attached hydrogens (tertiary/aromatic N) is 1. The van der Waals surface area contributed by atoms with Crippen molar-refractivity contribution in [1.29, 1.82) is 0 Å². The van der Waals surface area contributed by atoms with Crippen LogP contribution in [-0.2, 0) is 16.6 Å². The van der Waals surface area contributed by atoms with Crippen molar-refractivity contribution in [2.75, 3.05) is 10.0 Å². The summed E-state index contributed by atoms with van der Waals surface area (Å²) in [6.45, 7) is 5.79. The van der Waals surface area contributed by atoms with E-state index in [1.54, 1.807) is 44.2 Å². The van der Waals surface area contributed by atoms with Crippen molar-refractivity contribution >= 4 is 21.5 Å². The van der Waals surface area contributed by atoms with E-state index in [0.717, 1.165) is 5.56 Å². The standard InChI is InChI=1S/C21H22FN3O2S/c1-14-10-15(2)21(16(3)11-14)28(26,27)25-20-9-8-18(13-24-20)23-12-17-6-4-5-7-19(17)22/h4-11,13,23H,12H2,1-3H3,(H,24,25). The molecule has 0 saturated carbocycles. The molecule has 0 unspecified atom stereocenters. The zero-order valence-electron chi connectivity index (χ0n) is 16.0. The van der Waals surface area contributed by atoms with Gasteiger partial charge in [0, 0.05) is 12.1 Å². The summed E-state index contributed by atoms with van der Waals surface area (Å²) < 4.78 is 41.7. The van der Waals surface area contributed by atoms with E-state index in [2.05, 4.69) is 15.0 Å². The van der Waals surface area contributed by atoms with Crippen LogP contribution in [0.1, 0.15) is 22.3 Å². The van der Waals surface area contributed by atoms with Gasteiger partial charge in [-0.2, -0.15) is 0 Å². The van der Waals surface area contributed by atoms with E-state index in [1.807, 2.05) is 19.1 Å². The summed E-state index contributed by atoms with van der Waals surface area (Å²) >= 11 is 0. The Bertz CT molecular complexity index is 1070. The summed E-state index contributed by atoms with van der Waals surface area (Å²) in [6.07, 6.45) is 1.51. The normalized spacial score (nSPS) is 11.3. The van der Waals surface area contributed by atoms with Crippen LogP contribution >= 0.6 is 0 Å². The first-order valence-electron chi connectivity index (χ1n) is 8.80. The number of nitrogens with one attached hydrogen (secondary N) is 2. The van der Waals surface area contributed by atoms with Crippen molar-refractivity contribution in [2.45, 2.75) is 32.2 Å². The summed E-state index contributed by atoms with van der Waals surface area (Å²) in [5.74, 6) is -0.0630. The average molecular weight is 399 g/mol. The van der Waals surface area contributed by atoms with Crippen molar-refractivity contribution < 1.29 is 12.8 Å². The van der Waals surface area contributed by atoms with Gasteiger partial charge in [0.2, 0.25) is 0 Å². The molecule has 5 nitrogen and oxygen atoms in total. The molecule has 0 aliphatic rings. The van der Waals surface area contributed by atoms with Gasteiger partial charge in [0.1, 0.15) is 11.6 Å². The lowest BCUT2D eigenvalue weighted by Gasteiger charge is -2.14. The fourth-order valence-corrected chi connectivity index (χ4v) is 4.64. The molecule has 7 heteroatoms. The van der Waals surface area contributed by atoms with E-state index in [0.29, 0.717) is 28.9 Å². The SMILES string of the molecule is Cc1cc(C)c(S(=O)(=O)Nc2ccc(NCc3ccccc3F)cn2)c(C)c1. The van der Waals surface area contributed by atoms with Gasteiger partial charge in [-0.15, -0.1) is 0 Å². The minimum Gasteiger partial charge on any atom is -0.380 e. The van der Waals surface area contributed by atoms with Crippen LogP contribution in [0.15, 0.2) is 59.6 Å². The van der Waals surface area contributed by atoms with Gasteiger partial charge in [0.05, 0.1) is 16.8 Å². The van der Waals surface area contributed by atoms with E-state index in [4.69, 9.17) is 0 Å². The van der Waals surface area contributed by atoms with Crippen LogP contribution in [0.2, 0.25) is 0 Å². The summed E-state index contributed by atoms with van der Waals surface area (Å²) in [5, 5.41) is 3.07. The predicted molar refractivity (Wildman–Crippen MR) is 109 cm³/mol. The maximum absolute atomic E-state index is 13.7. The predicted octanol–water partition coefficient (Wildman–Crippen LogP) is 4.56. The Morgan fingerprint density at radius 2 is 1.68 bits per heavy atom. The fraction of sp³-hybridized carbons (Fsp3) is 0.190. The van der Waals surface area contributed by atoms with Gasteiger partial charge in [0.25, 0.3) is 10.0 Å². The van der Waals surface area contributed by atoms with Gasteiger partial charge in [-0.05, 0) is 50.1 Å². The Morgan fingerprint density at radius 3 is 2.29 bits per heavy atom. The largest absolute Gasteiger partial charge is 0.380 e. The zero-order chi connectivity index (χ0) is 20.3. The van der Waals surface area contributed by atoms with E-state index in [9.17, 15) is 12.8 Å². The molecule has 2 aromatic carbocycles. The lowest BCUT2D eigenvalue weighted by molar-refractivity contribution is 0.599. The number of aryl methyl sites for hydroxylation is 3. The average Bonchev–Trinajstić information content (AvgIpc) is 2.61. The number of sulfonamides is 1. The van der Waals surface area contributed by atoms with E-state index < -0.39 is 10.0 Å². The number of pyridine rings is 1. The molecule has 3 aromatic rings. The molecule has 0 amide bonds. The fourth-order valence-electron chi connectivity index (χ4n) is 3.18. The highest BCUT2D eigenvalue weighted by Crippen LogP contribution is 2.24. The smallest absolute Gasteiger partial charge is 0.263 e. The van der Waals surface area contributed by atoms with Crippen LogP contribution in [0.25, 0.3) is 0 Å². The maximum atomic E-state index is 13.7. The van der Waals surface area contributed by atoms with Gasteiger partial charge < -0.3 is 5.32 Å². The third-order valence-corrected chi connectivity index (χ3v) is 5.98. The second-order valence-electron chi connectivity index (χ2n) is 6.71. The van der Waals surface area contributed by atoms with Crippen molar-refractivity contribution in [2.24, 2.45) is 0 Å². The first-order valence-corrected chi connectivity index (χ1v) is 10.3. The second kappa shape index (κ2) is 7.98. The van der Waals surface area contributed by atoms with Crippen LogP contribution in [0.5, 0.6) is 0 Å². The van der Waals surface area contributed by atoms with Crippen molar-refractivity contribution in [1.82, 2.24) is 4.98 Å². The Labute approximate surface area is 164 Å². The summed E-state index contributed by atoms with van der Waals surface area (Å²) in [4.78, 5) is 4.42. The third kappa shape index (κ3) is 4.48. The zero-order valence-corrected chi connectivity index (χ0v) is 16.8. The molecule has 0 aliphatic heterocycles. The lowest BCUT2D eigenvalue weighted by atomic mass is 10.1. The van der Waals surface area contributed by atoms with Crippen LogP contribution in [0.4, 0.5) is 15.9 Å². The Balaban J connectivity index is 1.73. The van der Waals surface area contributed by atoms with E-state index in [-0.39, 0.29) is 16.5 Å². The molecule has 0 fully saturated rings. The third-order valence-electron chi connectivity index (χ3n) is 4.32. The van der Waals surface area contributed by atoms with E-state index in [1.165, 1.54) is 12.3 Å². The van der Waals surface area contributed by atoms with Crippen molar-refractivity contribution in [3.8, 4) is 0 Å². The topological polar surface area (TPSA) is 71.1 Å².